The van der Waals surface area contributed by atoms with Gasteiger partial charge in [0.25, 0.3) is 0 Å². The van der Waals surface area contributed by atoms with E-state index in [2.05, 4.69) is 0 Å². The first-order valence-corrected chi connectivity index (χ1v) is 5.39. The Kier molecular flexibility index (Phi) is 2.78. The van der Waals surface area contributed by atoms with Gasteiger partial charge in [-0.2, -0.15) is 0 Å². The highest BCUT2D eigenvalue weighted by atomic mass is 35.5. The van der Waals surface area contributed by atoms with Crippen LogP contribution in [0, 0.1) is 0 Å². The molecule has 1 saturated heterocycles. The van der Waals surface area contributed by atoms with E-state index in [4.69, 9.17) is 22.1 Å². The van der Waals surface area contributed by atoms with Gasteiger partial charge in [-0.3, -0.25) is 4.90 Å². The predicted octanol–water partition coefficient (Wildman–Crippen LogP) is 2.01. The van der Waals surface area contributed by atoms with Crippen LogP contribution in [0.1, 0.15) is 6.92 Å². The van der Waals surface area contributed by atoms with Crippen LogP contribution in [0.2, 0.25) is 5.02 Å². The van der Waals surface area contributed by atoms with Crippen LogP contribution < -0.4 is 10.6 Å². The van der Waals surface area contributed by atoms with Crippen LogP contribution in [-0.2, 0) is 4.74 Å². The molecular formula is C11H13ClN2O2. The van der Waals surface area contributed by atoms with Gasteiger partial charge in [-0.1, -0.05) is 23.7 Å². The fourth-order valence-corrected chi connectivity index (χ4v) is 1.90. The maximum atomic E-state index is 11.7. The molecule has 86 valence electrons. The Hall–Kier alpha value is -1.26. The van der Waals surface area contributed by atoms with Crippen LogP contribution in [0.15, 0.2) is 24.3 Å². The lowest BCUT2D eigenvalue weighted by atomic mass is 10.1. The number of carbonyl (C=O) groups is 1. The minimum atomic E-state index is -0.629. The van der Waals surface area contributed by atoms with Crippen molar-refractivity contribution in [2.24, 2.45) is 5.73 Å². The summed E-state index contributed by atoms with van der Waals surface area (Å²) < 4.78 is 5.22. The largest absolute Gasteiger partial charge is 0.440 e. The lowest BCUT2D eigenvalue weighted by Gasteiger charge is -2.19. The second-order valence-electron chi connectivity index (χ2n) is 4.06. The Morgan fingerprint density at radius 2 is 2.25 bits per heavy atom. The maximum absolute atomic E-state index is 11.7. The molecule has 0 aliphatic carbocycles. The number of ether oxygens (including phenoxy) is 1. The normalized spacial score (nSPS) is 24.7. The number of benzene rings is 1. The quantitative estimate of drug-likeness (QED) is 0.861. The molecule has 0 bridgehead atoms. The molecule has 1 aliphatic rings. The molecule has 2 rings (SSSR count). The average Bonchev–Trinajstić information content (AvgIpc) is 2.56. The van der Waals surface area contributed by atoms with E-state index in [0.717, 1.165) is 0 Å². The number of para-hydroxylation sites is 1. The summed E-state index contributed by atoms with van der Waals surface area (Å²) in [7, 11) is 0. The fourth-order valence-electron chi connectivity index (χ4n) is 1.66. The first-order chi connectivity index (χ1) is 7.56. The number of halogens is 1. The van der Waals surface area contributed by atoms with Gasteiger partial charge in [-0.15, -0.1) is 0 Å². The Bertz CT molecular complexity index is 424. The zero-order valence-corrected chi connectivity index (χ0v) is 9.70. The third kappa shape index (κ3) is 1.86. The highest BCUT2D eigenvalue weighted by molar-refractivity contribution is 6.33. The first-order valence-electron chi connectivity index (χ1n) is 5.01. The Morgan fingerprint density at radius 3 is 2.81 bits per heavy atom. The van der Waals surface area contributed by atoms with Crippen molar-refractivity contribution in [3.63, 3.8) is 0 Å². The summed E-state index contributed by atoms with van der Waals surface area (Å²) >= 11 is 6.03. The molecule has 1 aromatic rings. The van der Waals surface area contributed by atoms with E-state index in [1.165, 1.54) is 4.90 Å². The Balaban J connectivity index is 2.31. The van der Waals surface area contributed by atoms with Gasteiger partial charge in [0.1, 0.15) is 5.60 Å². The summed E-state index contributed by atoms with van der Waals surface area (Å²) in [6.45, 7) is 2.52. The van der Waals surface area contributed by atoms with Crippen LogP contribution in [0.25, 0.3) is 0 Å². The zero-order valence-electron chi connectivity index (χ0n) is 8.94. The van der Waals surface area contributed by atoms with Crippen LogP contribution in [0.4, 0.5) is 10.5 Å². The fraction of sp³-hybridized carbons (Fsp3) is 0.364. The van der Waals surface area contributed by atoms with Crippen LogP contribution >= 0.6 is 11.6 Å². The molecule has 1 fully saturated rings. The van der Waals surface area contributed by atoms with E-state index in [1.54, 1.807) is 12.1 Å². The minimum absolute atomic E-state index is 0.291. The summed E-state index contributed by atoms with van der Waals surface area (Å²) in [6.07, 6.45) is -0.402. The highest BCUT2D eigenvalue weighted by Gasteiger charge is 2.41. The highest BCUT2D eigenvalue weighted by Crippen LogP contribution is 2.32. The summed E-state index contributed by atoms with van der Waals surface area (Å²) in [5, 5.41) is 0.528. The number of nitrogens with zero attached hydrogens (tertiary/aromatic N) is 1. The molecule has 1 amide bonds. The van der Waals surface area contributed by atoms with E-state index in [-0.39, 0.29) is 0 Å². The Morgan fingerprint density at radius 1 is 1.56 bits per heavy atom. The van der Waals surface area contributed by atoms with Gasteiger partial charge in [0.05, 0.1) is 17.3 Å². The van der Waals surface area contributed by atoms with Crippen molar-refractivity contribution in [1.29, 1.82) is 0 Å². The summed E-state index contributed by atoms with van der Waals surface area (Å²) in [4.78, 5) is 13.2. The van der Waals surface area contributed by atoms with E-state index in [9.17, 15) is 4.79 Å². The third-order valence-corrected chi connectivity index (χ3v) is 2.94. The molecule has 4 nitrogen and oxygen atoms in total. The van der Waals surface area contributed by atoms with Gasteiger partial charge >= 0.3 is 6.09 Å². The lowest BCUT2D eigenvalue weighted by Crippen LogP contribution is -2.38. The third-order valence-electron chi connectivity index (χ3n) is 2.62. The standard InChI is InChI=1S/C11H13ClN2O2/c1-11(6-13)7-14(10(15)16-11)9-5-3-2-4-8(9)12/h2-5H,6-7,13H2,1H3. The van der Waals surface area contributed by atoms with Crippen molar-refractivity contribution in [2.45, 2.75) is 12.5 Å². The van der Waals surface area contributed by atoms with Crippen molar-refractivity contribution in [3.8, 4) is 0 Å². The van der Waals surface area contributed by atoms with Crippen LogP contribution in [0.5, 0.6) is 0 Å². The molecule has 0 aromatic heterocycles. The summed E-state index contributed by atoms with van der Waals surface area (Å²) in [5.74, 6) is 0. The number of cyclic esters (lactones) is 1. The molecule has 0 saturated carbocycles. The van der Waals surface area contributed by atoms with Crippen molar-refractivity contribution >= 4 is 23.4 Å². The number of hydrogen-bond donors (Lipinski definition) is 1. The molecule has 5 heteroatoms. The SMILES string of the molecule is CC1(CN)CN(c2ccccc2Cl)C(=O)O1. The van der Waals surface area contributed by atoms with Gasteiger partial charge in [0.15, 0.2) is 0 Å². The number of amides is 1. The monoisotopic (exact) mass is 240 g/mol. The van der Waals surface area contributed by atoms with Crippen LogP contribution in [-0.4, -0.2) is 24.8 Å². The Labute approximate surface area is 98.9 Å². The van der Waals surface area contributed by atoms with Crippen molar-refractivity contribution in [3.05, 3.63) is 29.3 Å². The lowest BCUT2D eigenvalue weighted by molar-refractivity contribution is 0.0789. The van der Waals surface area contributed by atoms with Gasteiger partial charge in [-0.05, 0) is 19.1 Å². The molecule has 0 spiro atoms. The molecule has 2 N–H and O–H groups in total. The van der Waals surface area contributed by atoms with Crippen molar-refractivity contribution in [1.82, 2.24) is 0 Å². The number of carbonyl (C=O) groups excluding carboxylic acids is 1. The van der Waals surface area contributed by atoms with Crippen molar-refractivity contribution < 1.29 is 9.53 Å². The van der Waals surface area contributed by atoms with E-state index in [1.807, 2.05) is 19.1 Å². The van der Waals surface area contributed by atoms with E-state index < -0.39 is 11.7 Å². The zero-order chi connectivity index (χ0) is 11.8. The van der Waals surface area contributed by atoms with E-state index >= 15 is 0 Å². The molecule has 1 atom stereocenters. The second-order valence-corrected chi connectivity index (χ2v) is 4.47. The molecule has 16 heavy (non-hydrogen) atoms. The van der Waals surface area contributed by atoms with Gasteiger partial charge in [0, 0.05) is 6.54 Å². The van der Waals surface area contributed by atoms with E-state index in [0.29, 0.717) is 23.8 Å². The van der Waals surface area contributed by atoms with Crippen molar-refractivity contribution in [2.75, 3.05) is 18.0 Å². The number of hydrogen-bond acceptors (Lipinski definition) is 3. The van der Waals surface area contributed by atoms with Gasteiger partial charge in [-0.25, -0.2) is 4.79 Å². The van der Waals surface area contributed by atoms with Crippen LogP contribution in [0.3, 0.4) is 0 Å². The number of nitrogens with two attached hydrogens (primary N) is 1. The topological polar surface area (TPSA) is 55.6 Å². The molecule has 1 heterocycles. The summed E-state index contributed by atoms with van der Waals surface area (Å²) in [6, 6.07) is 7.16. The molecule has 0 radical (unpaired) electrons. The molecule has 1 unspecified atom stereocenters. The predicted molar refractivity (Wildman–Crippen MR) is 62.7 cm³/mol. The molecular weight excluding hydrogens is 228 g/mol. The maximum Gasteiger partial charge on any atom is 0.415 e. The average molecular weight is 241 g/mol. The van der Waals surface area contributed by atoms with Gasteiger partial charge < -0.3 is 10.5 Å². The van der Waals surface area contributed by atoms with Gasteiger partial charge in [0.2, 0.25) is 0 Å². The summed E-state index contributed by atoms with van der Waals surface area (Å²) in [5.41, 5.74) is 5.60. The number of rotatable bonds is 2. The first kappa shape index (κ1) is 11.2. The molecule has 1 aliphatic heterocycles. The number of anilines is 1. The smallest absolute Gasteiger partial charge is 0.415 e. The minimum Gasteiger partial charge on any atom is -0.440 e. The second kappa shape index (κ2) is 3.96. The molecule has 1 aromatic carbocycles.